The first-order valence-electron chi connectivity index (χ1n) is 10.0. The lowest BCUT2D eigenvalue weighted by Crippen LogP contribution is -2.52. The number of imidazole rings is 1. The van der Waals surface area contributed by atoms with Gasteiger partial charge < -0.3 is 14.6 Å². The molecular formula is C21H30N4O2. The van der Waals surface area contributed by atoms with Crippen LogP contribution in [0.1, 0.15) is 37.1 Å². The number of ether oxygens (including phenoxy) is 1. The number of H-pyrrole nitrogens is 1. The molecule has 6 nitrogen and oxygen atoms in total. The fourth-order valence-electron chi connectivity index (χ4n) is 4.56. The molecule has 2 aliphatic rings. The molecule has 0 unspecified atom stereocenters. The number of fused-ring (bicyclic) bond motifs is 1. The third-order valence-corrected chi connectivity index (χ3v) is 6.29. The first-order chi connectivity index (χ1) is 13.1. The van der Waals surface area contributed by atoms with Gasteiger partial charge in [-0.25, -0.2) is 4.98 Å². The number of aryl methyl sites for hydroxylation is 1. The Balaban J connectivity index is 1.36. The summed E-state index contributed by atoms with van der Waals surface area (Å²) < 4.78 is 5.17. The molecule has 146 valence electrons. The Bertz CT molecular complexity index is 808. The van der Waals surface area contributed by atoms with Crippen LogP contribution < -0.4 is 0 Å². The lowest BCUT2D eigenvalue weighted by Gasteiger charge is -2.47. The van der Waals surface area contributed by atoms with Crippen molar-refractivity contribution in [1.29, 1.82) is 0 Å². The number of methoxy groups -OCH3 is 1. The van der Waals surface area contributed by atoms with Gasteiger partial charge in [-0.3, -0.25) is 9.69 Å². The van der Waals surface area contributed by atoms with E-state index in [2.05, 4.69) is 35.0 Å². The van der Waals surface area contributed by atoms with Crippen LogP contribution >= 0.6 is 0 Å². The normalized spacial score (nSPS) is 20.7. The molecule has 2 saturated heterocycles. The van der Waals surface area contributed by atoms with Crippen LogP contribution in [0.15, 0.2) is 18.2 Å². The molecule has 0 bridgehead atoms. The minimum absolute atomic E-state index is 0.290. The van der Waals surface area contributed by atoms with Gasteiger partial charge in [-0.1, -0.05) is 6.07 Å². The molecule has 1 N–H and O–H groups in total. The van der Waals surface area contributed by atoms with Gasteiger partial charge in [0, 0.05) is 26.6 Å². The number of likely N-dealkylation sites (tertiary alicyclic amines) is 2. The van der Waals surface area contributed by atoms with E-state index < -0.39 is 0 Å². The van der Waals surface area contributed by atoms with Crippen LogP contribution in [-0.4, -0.2) is 65.6 Å². The van der Waals surface area contributed by atoms with Gasteiger partial charge in [-0.05, 0) is 62.4 Å². The topological polar surface area (TPSA) is 61.5 Å². The van der Waals surface area contributed by atoms with Crippen molar-refractivity contribution in [3.8, 4) is 0 Å². The lowest BCUT2D eigenvalue weighted by molar-refractivity contribution is -0.140. The molecule has 4 rings (SSSR count). The van der Waals surface area contributed by atoms with Crippen molar-refractivity contribution in [2.45, 2.75) is 39.2 Å². The van der Waals surface area contributed by atoms with Crippen LogP contribution in [0.4, 0.5) is 0 Å². The number of piperidine rings is 2. The Morgan fingerprint density at radius 1 is 1.26 bits per heavy atom. The average Bonchev–Trinajstić information content (AvgIpc) is 3.06. The van der Waals surface area contributed by atoms with Crippen molar-refractivity contribution in [1.82, 2.24) is 19.8 Å². The van der Waals surface area contributed by atoms with Crippen LogP contribution in [0.25, 0.3) is 11.0 Å². The summed E-state index contributed by atoms with van der Waals surface area (Å²) in [7, 11) is 1.70. The number of hydrogen-bond donors (Lipinski definition) is 1. The smallest absolute Gasteiger partial charge is 0.222 e. The SMILES string of the molecule is COCCN1CC2(CCC1=O)CCN(Cc1nc3ccc(C)cc3[nH]1)CC2. The molecule has 1 spiro atoms. The Morgan fingerprint density at radius 3 is 2.85 bits per heavy atom. The molecule has 27 heavy (non-hydrogen) atoms. The second-order valence-corrected chi connectivity index (χ2v) is 8.29. The summed E-state index contributed by atoms with van der Waals surface area (Å²) in [5.74, 6) is 1.34. The fraction of sp³-hybridized carbons (Fsp3) is 0.619. The zero-order valence-electron chi connectivity index (χ0n) is 16.5. The summed E-state index contributed by atoms with van der Waals surface area (Å²) in [6.45, 7) is 7.36. The van der Waals surface area contributed by atoms with Gasteiger partial charge in [0.1, 0.15) is 5.82 Å². The maximum atomic E-state index is 12.2. The molecule has 0 aliphatic carbocycles. The highest BCUT2D eigenvalue weighted by Crippen LogP contribution is 2.40. The zero-order chi connectivity index (χ0) is 18.9. The standard InChI is InChI=1S/C21H30N4O2/c1-16-3-4-17-18(13-16)23-19(22-17)14-24-9-7-21(8-10-24)6-5-20(26)25(15-21)11-12-27-2/h3-4,13H,5-12,14-15H2,1-2H3,(H,22,23). The zero-order valence-corrected chi connectivity index (χ0v) is 16.5. The molecule has 1 aromatic carbocycles. The Labute approximate surface area is 160 Å². The minimum atomic E-state index is 0.290. The average molecular weight is 370 g/mol. The second kappa shape index (κ2) is 7.60. The number of amides is 1. The molecule has 0 saturated carbocycles. The van der Waals surface area contributed by atoms with Gasteiger partial charge in [-0.2, -0.15) is 0 Å². The van der Waals surface area contributed by atoms with Crippen molar-refractivity contribution in [2.24, 2.45) is 5.41 Å². The van der Waals surface area contributed by atoms with E-state index in [0.29, 0.717) is 18.4 Å². The molecule has 1 amide bonds. The number of carbonyl (C=O) groups excluding carboxylic acids is 1. The van der Waals surface area contributed by atoms with Crippen LogP contribution in [0, 0.1) is 12.3 Å². The lowest BCUT2D eigenvalue weighted by atomic mass is 9.72. The van der Waals surface area contributed by atoms with Gasteiger partial charge in [0.2, 0.25) is 5.91 Å². The van der Waals surface area contributed by atoms with Crippen molar-refractivity contribution in [2.75, 3.05) is 39.9 Å². The van der Waals surface area contributed by atoms with E-state index >= 15 is 0 Å². The molecule has 3 heterocycles. The van der Waals surface area contributed by atoms with E-state index in [1.54, 1.807) is 7.11 Å². The van der Waals surface area contributed by atoms with E-state index in [4.69, 9.17) is 9.72 Å². The highest BCUT2D eigenvalue weighted by molar-refractivity contribution is 5.77. The Morgan fingerprint density at radius 2 is 2.07 bits per heavy atom. The molecule has 2 fully saturated rings. The van der Waals surface area contributed by atoms with Gasteiger partial charge in [0.25, 0.3) is 0 Å². The first-order valence-corrected chi connectivity index (χ1v) is 10.0. The van der Waals surface area contributed by atoms with Crippen molar-refractivity contribution in [3.63, 3.8) is 0 Å². The number of nitrogens with one attached hydrogen (secondary N) is 1. The number of hydrogen-bond acceptors (Lipinski definition) is 4. The van der Waals surface area contributed by atoms with Crippen molar-refractivity contribution >= 4 is 16.9 Å². The second-order valence-electron chi connectivity index (χ2n) is 8.29. The van der Waals surface area contributed by atoms with Crippen molar-refractivity contribution in [3.05, 3.63) is 29.6 Å². The Hall–Kier alpha value is -1.92. The number of carbonyl (C=O) groups is 1. The Kier molecular flexibility index (Phi) is 5.19. The minimum Gasteiger partial charge on any atom is -0.383 e. The highest BCUT2D eigenvalue weighted by Gasteiger charge is 2.40. The predicted molar refractivity (Wildman–Crippen MR) is 105 cm³/mol. The van der Waals surface area contributed by atoms with Gasteiger partial charge in [0.15, 0.2) is 0 Å². The third kappa shape index (κ3) is 4.01. The maximum Gasteiger partial charge on any atom is 0.222 e. The first kappa shape index (κ1) is 18.4. The molecule has 0 atom stereocenters. The van der Waals surface area contributed by atoms with E-state index in [-0.39, 0.29) is 5.91 Å². The van der Waals surface area contributed by atoms with Crippen LogP contribution in [0.2, 0.25) is 0 Å². The van der Waals surface area contributed by atoms with E-state index in [1.165, 1.54) is 5.56 Å². The van der Waals surface area contributed by atoms with Crippen LogP contribution in [0.5, 0.6) is 0 Å². The third-order valence-electron chi connectivity index (χ3n) is 6.29. The summed E-state index contributed by atoms with van der Waals surface area (Å²) in [5, 5.41) is 0. The summed E-state index contributed by atoms with van der Waals surface area (Å²) in [5.41, 5.74) is 3.72. The predicted octanol–water partition coefficient (Wildman–Crippen LogP) is 2.72. The maximum absolute atomic E-state index is 12.2. The molecule has 1 aromatic heterocycles. The van der Waals surface area contributed by atoms with Crippen molar-refractivity contribution < 1.29 is 9.53 Å². The summed E-state index contributed by atoms with van der Waals surface area (Å²) in [6.07, 6.45) is 4.03. The van der Waals surface area contributed by atoms with Gasteiger partial charge >= 0.3 is 0 Å². The number of aromatic amines is 1. The van der Waals surface area contributed by atoms with E-state index in [0.717, 1.165) is 68.8 Å². The van der Waals surface area contributed by atoms with E-state index in [9.17, 15) is 4.79 Å². The molecule has 2 aromatic rings. The summed E-state index contributed by atoms with van der Waals surface area (Å²) in [4.78, 5) is 24.9. The van der Waals surface area contributed by atoms with E-state index in [1.807, 2.05) is 4.90 Å². The van der Waals surface area contributed by atoms with Gasteiger partial charge in [-0.15, -0.1) is 0 Å². The molecular weight excluding hydrogens is 340 g/mol. The highest BCUT2D eigenvalue weighted by atomic mass is 16.5. The quantitative estimate of drug-likeness (QED) is 0.879. The largest absolute Gasteiger partial charge is 0.383 e. The van der Waals surface area contributed by atoms with Gasteiger partial charge in [0.05, 0.1) is 24.2 Å². The monoisotopic (exact) mass is 370 g/mol. The molecule has 0 radical (unpaired) electrons. The van der Waals surface area contributed by atoms with Crippen LogP contribution in [0.3, 0.4) is 0 Å². The number of nitrogens with zero attached hydrogens (tertiary/aromatic N) is 3. The molecule has 2 aliphatic heterocycles. The summed E-state index contributed by atoms with van der Waals surface area (Å²) in [6, 6.07) is 6.35. The fourth-order valence-corrected chi connectivity index (χ4v) is 4.56. The number of aromatic nitrogens is 2. The number of rotatable bonds is 5. The van der Waals surface area contributed by atoms with Crippen LogP contribution in [-0.2, 0) is 16.1 Å². The number of benzene rings is 1. The summed E-state index contributed by atoms with van der Waals surface area (Å²) >= 11 is 0. The molecule has 6 heteroatoms.